The van der Waals surface area contributed by atoms with E-state index in [4.69, 9.17) is 0 Å². The second-order valence-electron chi connectivity index (χ2n) is 7.36. The van der Waals surface area contributed by atoms with Gasteiger partial charge in [-0.25, -0.2) is 4.99 Å². The SMILES string of the molecule is CCc1nncn1CCNC(=NCc1ccccc1)NC(C)c1cccc(C(F)(F)F)c1.I. The van der Waals surface area contributed by atoms with Crippen LogP contribution in [0.5, 0.6) is 0 Å². The van der Waals surface area contributed by atoms with Gasteiger partial charge in [0.05, 0.1) is 18.2 Å². The van der Waals surface area contributed by atoms with Crippen molar-refractivity contribution in [2.24, 2.45) is 4.99 Å². The van der Waals surface area contributed by atoms with Gasteiger partial charge < -0.3 is 15.2 Å². The predicted octanol–water partition coefficient (Wildman–Crippen LogP) is 4.97. The first kappa shape index (κ1) is 26.6. The molecule has 33 heavy (non-hydrogen) atoms. The summed E-state index contributed by atoms with van der Waals surface area (Å²) < 4.78 is 41.2. The molecule has 1 aromatic heterocycles. The molecule has 1 atom stereocenters. The van der Waals surface area contributed by atoms with Gasteiger partial charge in [0.1, 0.15) is 12.2 Å². The lowest BCUT2D eigenvalue weighted by Crippen LogP contribution is -2.40. The smallest absolute Gasteiger partial charge is 0.355 e. The van der Waals surface area contributed by atoms with Crippen LogP contribution in [0.3, 0.4) is 0 Å². The Morgan fingerprint density at radius 2 is 1.88 bits per heavy atom. The molecule has 2 aromatic carbocycles. The Kier molecular flexibility index (Phi) is 10.1. The van der Waals surface area contributed by atoms with Crippen LogP contribution in [0, 0.1) is 0 Å². The molecule has 10 heteroatoms. The number of alkyl halides is 3. The molecule has 3 rings (SSSR count). The topological polar surface area (TPSA) is 67.1 Å². The summed E-state index contributed by atoms with van der Waals surface area (Å²) in [6.45, 7) is 5.46. The van der Waals surface area contributed by atoms with Crippen molar-refractivity contribution in [3.8, 4) is 0 Å². The molecule has 2 N–H and O–H groups in total. The number of aliphatic imine (C=N–C) groups is 1. The van der Waals surface area contributed by atoms with Crippen LogP contribution in [0.4, 0.5) is 13.2 Å². The first-order chi connectivity index (χ1) is 15.4. The van der Waals surface area contributed by atoms with Crippen LogP contribution in [-0.4, -0.2) is 27.3 Å². The Morgan fingerprint density at radius 1 is 1.12 bits per heavy atom. The van der Waals surface area contributed by atoms with Crippen molar-refractivity contribution in [1.29, 1.82) is 0 Å². The molecule has 0 aliphatic carbocycles. The van der Waals surface area contributed by atoms with Crippen molar-refractivity contribution < 1.29 is 13.2 Å². The average molecular weight is 572 g/mol. The molecule has 0 fully saturated rings. The van der Waals surface area contributed by atoms with E-state index in [0.29, 0.717) is 31.2 Å². The van der Waals surface area contributed by atoms with Gasteiger partial charge in [-0.05, 0) is 30.2 Å². The molecule has 0 amide bonds. The number of aryl methyl sites for hydroxylation is 1. The molecule has 6 nitrogen and oxygen atoms in total. The highest BCUT2D eigenvalue weighted by atomic mass is 127. The number of hydrogen-bond acceptors (Lipinski definition) is 3. The Morgan fingerprint density at radius 3 is 2.58 bits per heavy atom. The van der Waals surface area contributed by atoms with Crippen LogP contribution in [0.1, 0.15) is 42.4 Å². The van der Waals surface area contributed by atoms with E-state index in [1.165, 1.54) is 6.07 Å². The fourth-order valence-electron chi connectivity index (χ4n) is 3.21. The third kappa shape index (κ3) is 8.02. The molecule has 0 bridgehead atoms. The van der Waals surface area contributed by atoms with Crippen molar-refractivity contribution in [3.63, 3.8) is 0 Å². The van der Waals surface area contributed by atoms with E-state index in [1.54, 1.807) is 12.4 Å². The number of hydrogen-bond donors (Lipinski definition) is 2. The summed E-state index contributed by atoms with van der Waals surface area (Å²) in [4.78, 5) is 4.62. The molecule has 0 saturated carbocycles. The summed E-state index contributed by atoms with van der Waals surface area (Å²) in [6.07, 6.45) is -1.92. The van der Waals surface area contributed by atoms with Crippen LogP contribution < -0.4 is 10.6 Å². The molecule has 1 heterocycles. The van der Waals surface area contributed by atoms with E-state index in [0.717, 1.165) is 29.9 Å². The summed E-state index contributed by atoms with van der Waals surface area (Å²) in [5.74, 6) is 1.41. The second kappa shape index (κ2) is 12.6. The van der Waals surface area contributed by atoms with E-state index in [9.17, 15) is 13.2 Å². The molecule has 0 spiro atoms. The minimum atomic E-state index is -4.38. The quantitative estimate of drug-likeness (QED) is 0.227. The predicted molar refractivity (Wildman–Crippen MR) is 133 cm³/mol. The molecule has 0 aliphatic heterocycles. The Balaban J connectivity index is 0.00000385. The average Bonchev–Trinajstić information content (AvgIpc) is 3.25. The lowest BCUT2D eigenvalue weighted by molar-refractivity contribution is -0.137. The maximum absolute atomic E-state index is 13.1. The third-order valence-corrected chi connectivity index (χ3v) is 4.99. The monoisotopic (exact) mass is 572 g/mol. The standard InChI is InChI=1S/C23H27F3N6.HI/c1-3-21-31-29-16-32(21)13-12-27-22(28-15-18-8-5-4-6-9-18)30-17(2)19-10-7-11-20(14-19)23(24,25)26;/h4-11,14,16-17H,3,12-13,15H2,1-2H3,(H2,27,28,30);1H. The Labute approximate surface area is 208 Å². The second-order valence-corrected chi connectivity index (χ2v) is 7.36. The molecule has 0 saturated heterocycles. The fraction of sp³-hybridized carbons (Fsp3) is 0.348. The van der Waals surface area contributed by atoms with Gasteiger partial charge in [0.25, 0.3) is 0 Å². The number of nitrogens with one attached hydrogen (secondary N) is 2. The van der Waals surface area contributed by atoms with E-state index in [1.807, 2.05) is 48.7 Å². The van der Waals surface area contributed by atoms with Gasteiger partial charge in [-0.3, -0.25) is 0 Å². The van der Waals surface area contributed by atoms with E-state index in [2.05, 4.69) is 25.8 Å². The zero-order valence-electron chi connectivity index (χ0n) is 18.5. The highest BCUT2D eigenvalue weighted by molar-refractivity contribution is 14.0. The normalized spacial score (nSPS) is 12.7. The van der Waals surface area contributed by atoms with Crippen LogP contribution in [0.15, 0.2) is 65.9 Å². The van der Waals surface area contributed by atoms with Gasteiger partial charge in [-0.1, -0.05) is 49.4 Å². The summed E-state index contributed by atoms with van der Waals surface area (Å²) in [6, 6.07) is 14.7. The highest BCUT2D eigenvalue weighted by Gasteiger charge is 2.30. The highest BCUT2D eigenvalue weighted by Crippen LogP contribution is 2.30. The van der Waals surface area contributed by atoms with Gasteiger partial charge in [-0.2, -0.15) is 13.2 Å². The van der Waals surface area contributed by atoms with Crippen molar-refractivity contribution in [2.45, 2.75) is 45.6 Å². The zero-order chi connectivity index (χ0) is 23.0. The third-order valence-electron chi connectivity index (χ3n) is 4.99. The summed E-state index contributed by atoms with van der Waals surface area (Å²) >= 11 is 0. The minimum absolute atomic E-state index is 0. The van der Waals surface area contributed by atoms with Crippen LogP contribution in [-0.2, 0) is 25.7 Å². The van der Waals surface area contributed by atoms with Crippen molar-refractivity contribution in [2.75, 3.05) is 6.54 Å². The van der Waals surface area contributed by atoms with Gasteiger partial charge in [0, 0.05) is 19.5 Å². The number of rotatable bonds is 8. The van der Waals surface area contributed by atoms with Crippen molar-refractivity contribution >= 4 is 29.9 Å². The first-order valence-corrected chi connectivity index (χ1v) is 10.5. The Bertz CT molecular complexity index is 1020. The van der Waals surface area contributed by atoms with Gasteiger partial charge in [0.15, 0.2) is 5.96 Å². The van der Waals surface area contributed by atoms with Gasteiger partial charge in [0.2, 0.25) is 0 Å². The van der Waals surface area contributed by atoms with E-state index in [-0.39, 0.29) is 30.0 Å². The van der Waals surface area contributed by atoms with Gasteiger partial charge in [-0.15, -0.1) is 34.2 Å². The van der Waals surface area contributed by atoms with E-state index < -0.39 is 11.7 Å². The molecular formula is C23H28F3IN6. The number of halogens is 4. The van der Waals surface area contributed by atoms with Crippen molar-refractivity contribution in [3.05, 3.63) is 83.4 Å². The lowest BCUT2D eigenvalue weighted by atomic mass is 10.1. The van der Waals surface area contributed by atoms with Gasteiger partial charge >= 0.3 is 6.18 Å². The summed E-state index contributed by atoms with van der Waals surface area (Å²) in [7, 11) is 0. The fourth-order valence-corrected chi connectivity index (χ4v) is 3.21. The number of guanidine groups is 1. The van der Waals surface area contributed by atoms with Crippen molar-refractivity contribution in [1.82, 2.24) is 25.4 Å². The minimum Gasteiger partial charge on any atom is -0.355 e. The van der Waals surface area contributed by atoms with Crippen LogP contribution >= 0.6 is 24.0 Å². The molecular weight excluding hydrogens is 544 g/mol. The number of benzene rings is 2. The summed E-state index contributed by atoms with van der Waals surface area (Å²) in [5.41, 5.74) is 0.896. The molecule has 178 valence electrons. The summed E-state index contributed by atoms with van der Waals surface area (Å²) in [5, 5.41) is 14.5. The Hall–Kier alpha value is -2.63. The molecule has 0 aliphatic rings. The van der Waals surface area contributed by atoms with Crippen LogP contribution in [0.25, 0.3) is 0 Å². The zero-order valence-corrected chi connectivity index (χ0v) is 20.8. The molecule has 0 radical (unpaired) electrons. The maximum Gasteiger partial charge on any atom is 0.416 e. The molecule has 1 unspecified atom stereocenters. The number of aromatic nitrogens is 3. The van der Waals surface area contributed by atoms with Crippen LogP contribution in [0.2, 0.25) is 0 Å². The van der Waals surface area contributed by atoms with E-state index >= 15 is 0 Å². The maximum atomic E-state index is 13.1. The lowest BCUT2D eigenvalue weighted by Gasteiger charge is -2.20. The number of nitrogens with zero attached hydrogens (tertiary/aromatic N) is 4. The first-order valence-electron chi connectivity index (χ1n) is 10.5. The largest absolute Gasteiger partial charge is 0.416 e. The molecule has 3 aromatic rings.